The minimum atomic E-state index is -0.216. The van der Waals surface area contributed by atoms with Crippen LogP contribution in [-0.4, -0.2) is 56.3 Å². The van der Waals surface area contributed by atoms with Gasteiger partial charge in [0.2, 0.25) is 11.8 Å². The molecule has 244 valence electrons. The minimum absolute atomic E-state index is 0.0712. The highest BCUT2D eigenvalue weighted by molar-refractivity contribution is 6.36. The number of fused-ring (bicyclic) bond motifs is 2. The molecule has 8 rings (SSSR count). The van der Waals surface area contributed by atoms with Crippen LogP contribution in [0.5, 0.6) is 5.88 Å². The van der Waals surface area contributed by atoms with E-state index in [4.69, 9.17) is 21.3 Å². The Kier molecular flexibility index (Phi) is 7.26. The van der Waals surface area contributed by atoms with Crippen molar-refractivity contribution in [2.45, 2.75) is 51.1 Å². The van der Waals surface area contributed by atoms with Crippen molar-refractivity contribution in [1.82, 2.24) is 30.0 Å². The van der Waals surface area contributed by atoms with E-state index < -0.39 is 0 Å². The molecule has 5 heterocycles. The third-order valence-electron chi connectivity index (χ3n) is 10.2. The molecule has 1 aliphatic carbocycles. The van der Waals surface area contributed by atoms with Gasteiger partial charge in [-0.3, -0.25) is 14.5 Å². The standard InChI is InChI=1S/C37H36ClN7O3/c1-20-15-23-17-39-44(3)36(47)32(23)34(40-20)41-27-10-6-7-24(21(27)2)25-8-5-9-26(33(25)38)28-16-22-11-12-29(31(22)35(42-28)48-4)45-18-37(19-45)14-13-30(46)43-37/h5-10,15-17,29H,11-14,18-19H2,1-4H3,(H,40,41)(H,43,46)/t29-/m0/s1. The van der Waals surface area contributed by atoms with Gasteiger partial charge in [-0.1, -0.05) is 41.9 Å². The molecular weight excluding hydrogens is 626 g/mol. The van der Waals surface area contributed by atoms with E-state index >= 15 is 0 Å². The van der Waals surface area contributed by atoms with Crippen LogP contribution in [0.15, 0.2) is 59.5 Å². The smallest absolute Gasteiger partial charge is 0.278 e. The van der Waals surface area contributed by atoms with E-state index in [0.717, 1.165) is 82.6 Å². The number of nitrogens with one attached hydrogen (secondary N) is 2. The molecule has 11 heteroatoms. The van der Waals surface area contributed by atoms with Crippen molar-refractivity contribution >= 4 is 39.8 Å². The van der Waals surface area contributed by atoms with Crippen molar-refractivity contribution < 1.29 is 9.53 Å². The van der Waals surface area contributed by atoms with Crippen molar-refractivity contribution in [3.8, 4) is 28.3 Å². The molecule has 10 nitrogen and oxygen atoms in total. The Balaban J connectivity index is 1.12. The van der Waals surface area contributed by atoms with Crippen LogP contribution in [-0.2, 0) is 18.3 Å². The van der Waals surface area contributed by atoms with Crippen molar-refractivity contribution in [1.29, 1.82) is 0 Å². The monoisotopic (exact) mass is 661 g/mol. The maximum Gasteiger partial charge on any atom is 0.278 e. The predicted molar refractivity (Wildman–Crippen MR) is 187 cm³/mol. The van der Waals surface area contributed by atoms with E-state index in [0.29, 0.717) is 28.5 Å². The maximum absolute atomic E-state index is 13.1. The number of nitrogens with zero attached hydrogens (tertiary/aromatic N) is 5. The van der Waals surface area contributed by atoms with Crippen LogP contribution in [0.25, 0.3) is 33.2 Å². The van der Waals surface area contributed by atoms with Crippen molar-refractivity contribution in [2.24, 2.45) is 7.05 Å². The van der Waals surface area contributed by atoms with Gasteiger partial charge in [0.1, 0.15) is 5.82 Å². The zero-order valence-corrected chi connectivity index (χ0v) is 28.1. The van der Waals surface area contributed by atoms with Crippen molar-refractivity contribution in [2.75, 3.05) is 25.5 Å². The molecule has 2 saturated heterocycles. The predicted octanol–water partition coefficient (Wildman–Crippen LogP) is 6.03. The molecule has 0 saturated carbocycles. The second kappa shape index (κ2) is 11.4. The molecule has 48 heavy (non-hydrogen) atoms. The summed E-state index contributed by atoms with van der Waals surface area (Å²) < 4.78 is 7.23. The zero-order valence-electron chi connectivity index (χ0n) is 27.4. The van der Waals surface area contributed by atoms with E-state index in [1.165, 1.54) is 10.2 Å². The molecule has 2 fully saturated rings. The molecule has 2 aromatic carbocycles. The first-order valence-corrected chi connectivity index (χ1v) is 16.6. The van der Waals surface area contributed by atoms with E-state index in [-0.39, 0.29) is 23.0 Å². The molecule has 0 bridgehead atoms. The topological polar surface area (TPSA) is 114 Å². The van der Waals surface area contributed by atoms with E-state index in [1.54, 1.807) is 20.4 Å². The molecule has 3 aromatic heterocycles. The van der Waals surface area contributed by atoms with Crippen LogP contribution in [0.2, 0.25) is 5.02 Å². The number of likely N-dealkylation sites (tertiary alicyclic amines) is 1. The zero-order chi connectivity index (χ0) is 33.3. The van der Waals surface area contributed by atoms with E-state index in [2.05, 4.69) is 31.7 Å². The second-order valence-electron chi connectivity index (χ2n) is 13.3. The van der Waals surface area contributed by atoms with Gasteiger partial charge in [-0.2, -0.15) is 5.10 Å². The minimum Gasteiger partial charge on any atom is -0.481 e. The number of rotatable bonds is 6. The summed E-state index contributed by atoms with van der Waals surface area (Å²) in [7, 11) is 3.31. The van der Waals surface area contributed by atoms with E-state index in [1.807, 2.05) is 56.3 Å². The fraction of sp³-hybridized carbons (Fsp3) is 0.324. The molecule has 1 amide bonds. The Labute approximate surface area is 283 Å². The first kappa shape index (κ1) is 30.5. The molecular formula is C37H36ClN7O3. The number of methoxy groups -OCH3 is 1. The van der Waals surface area contributed by atoms with Crippen molar-refractivity contribution in [3.05, 3.63) is 92.5 Å². The van der Waals surface area contributed by atoms with Gasteiger partial charge in [0.05, 0.1) is 34.9 Å². The molecule has 2 N–H and O–H groups in total. The summed E-state index contributed by atoms with van der Waals surface area (Å²) in [5.74, 6) is 1.27. The first-order chi connectivity index (χ1) is 23.1. The number of hydrogen-bond donors (Lipinski definition) is 2. The van der Waals surface area contributed by atoms with Crippen LogP contribution in [0.1, 0.15) is 47.7 Å². The summed E-state index contributed by atoms with van der Waals surface area (Å²) in [6.07, 6.45) is 5.11. The highest BCUT2D eigenvalue weighted by Gasteiger charge is 2.51. The average molecular weight is 662 g/mol. The van der Waals surface area contributed by atoms with Crippen LogP contribution in [0.4, 0.5) is 11.5 Å². The lowest BCUT2D eigenvalue weighted by atomic mass is 9.86. The second-order valence-corrected chi connectivity index (χ2v) is 13.7. The number of carbonyl (C=O) groups excluding carboxylic acids is 1. The number of halogens is 1. The third-order valence-corrected chi connectivity index (χ3v) is 10.6. The number of aryl methyl sites for hydroxylation is 3. The Morgan fingerprint density at radius 3 is 2.56 bits per heavy atom. The Morgan fingerprint density at radius 2 is 1.79 bits per heavy atom. The summed E-state index contributed by atoms with van der Waals surface area (Å²) in [5.41, 5.74) is 8.08. The van der Waals surface area contributed by atoms with Crippen LogP contribution >= 0.6 is 11.6 Å². The number of ether oxygens (including phenoxy) is 1. The Bertz CT molecular complexity index is 2210. The van der Waals surface area contributed by atoms with Crippen molar-refractivity contribution in [3.63, 3.8) is 0 Å². The molecule has 1 spiro atoms. The number of carbonyl (C=O) groups is 1. The molecule has 0 radical (unpaired) electrons. The average Bonchev–Trinajstić information content (AvgIpc) is 3.66. The van der Waals surface area contributed by atoms with Gasteiger partial charge < -0.3 is 15.4 Å². The quantitative estimate of drug-likeness (QED) is 0.227. The fourth-order valence-electron chi connectivity index (χ4n) is 7.81. The lowest BCUT2D eigenvalue weighted by molar-refractivity contribution is -0.121. The highest BCUT2D eigenvalue weighted by Crippen LogP contribution is 2.47. The van der Waals surface area contributed by atoms with E-state index in [9.17, 15) is 9.59 Å². The SMILES string of the molecule is COc1nc(-c2cccc(-c3cccc(Nc4nc(C)cc5cnn(C)c(=O)c45)c3C)c2Cl)cc2c1[C@@H](N1CC3(CCC(=O)N3)C1)CC2. The van der Waals surface area contributed by atoms with Crippen LogP contribution < -0.4 is 20.9 Å². The number of anilines is 2. The Hall–Kier alpha value is -4.80. The third kappa shape index (κ3) is 4.93. The number of amides is 1. The molecule has 0 unspecified atom stereocenters. The van der Waals surface area contributed by atoms with Gasteiger partial charge in [0.15, 0.2) is 0 Å². The summed E-state index contributed by atoms with van der Waals surface area (Å²) >= 11 is 7.23. The van der Waals surface area contributed by atoms with Gasteiger partial charge >= 0.3 is 0 Å². The summed E-state index contributed by atoms with van der Waals surface area (Å²) in [4.78, 5) is 37.1. The molecule has 1 atom stereocenters. The number of hydrogen-bond acceptors (Lipinski definition) is 8. The lowest BCUT2D eigenvalue weighted by Crippen LogP contribution is -2.67. The number of pyridine rings is 2. The van der Waals surface area contributed by atoms with Gasteiger partial charge in [-0.25, -0.2) is 14.6 Å². The Morgan fingerprint density at radius 1 is 1.02 bits per heavy atom. The molecule has 3 aliphatic rings. The lowest BCUT2D eigenvalue weighted by Gasteiger charge is -2.50. The summed E-state index contributed by atoms with van der Waals surface area (Å²) in [6.45, 7) is 5.65. The summed E-state index contributed by atoms with van der Waals surface area (Å²) in [6, 6.07) is 16.2. The summed E-state index contributed by atoms with van der Waals surface area (Å²) in [5, 5.41) is 12.6. The largest absolute Gasteiger partial charge is 0.481 e. The molecule has 5 aromatic rings. The normalized spacial score (nSPS) is 18.2. The van der Waals surface area contributed by atoms with Crippen LogP contribution in [0.3, 0.4) is 0 Å². The van der Waals surface area contributed by atoms with Gasteiger partial charge in [-0.15, -0.1) is 0 Å². The molecule has 2 aliphatic heterocycles. The van der Waals surface area contributed by atoms with Crippen LogP contribution in [0, 0.1) is 13.8 Å². The maximum atomic E-state index is 13.1. The van der Waals surface area contributed by atoms with Gasteiger partial charge in [0, 0.05) is 66.1 Å². The van der Waals surface area contributed by atoms with Gasteiger partial charge in [0.25, 0.3) is 5.56 Å². The number of benzene rings is 2. The highest BCUT2D eigenvalue weighted by atomic mass is 35.5. The fourth-order valence-corrected chi connectivity index (χ4v) is 8.13. The van der Waals surface area contributed by atoms with Gasteiger partial charge in [-0.05, 0) is 68.0 Å². The number of aromatic nitrogens is 4. The first-order valence-electron chi connectivity index (χ1n) is 16.3.